The Hall–Kier alpha value is -1.93. The lowest BCUT2D eigenvalue weighted by Gasteiger charge is -2.25. The van der Waals surface area contributed by atoms with Crippen LogP contribution in [-0.4, -0.2) is 37.0 Å². The van der Waals surface area contributed by atoms with Gasteiger partial charge in [0.2, 0.25) is 10.0 Å². The quantitative estimate of drug-likeness (QED) is 0.713. The molecule has 0 radical (unpaired) electrons. The third kappa shape index (κ3) is 3.44. The number of carboxylic acid groups (broad SMARTS) is 1. The number of carboxylic acids is 1. The van der Waals surface area contributed by atoms with Crippen molar-refractivity contribution in [1.82, 2.24) is 10.0 Å². The second-order valence-electron chi connectivity index (χ2n) is 6.47. The average Bonchev–Trinajstić information content (AvgIpc) is 3.21. The fourth-order valence-corrected chi connectivity index (χ4v) is 4.24. The lowest BCUT2D eigenvalue weighted by molar-refractivity contribution is -0.144. The first-order valence-electron chi connectivity index (χ1n) is 8.01. The molecule has 1 aromatic carbocycles. The molecule has 0 heterocycles. The molecule has 2 fully saturated rings. The van der Waals surface area contributed by atoms with Crippen molar-refractivity contribution < 1.29 is 23.1 Å². The summed E-state index contributed by atoms with van der Waals surface area (Å²) in [7, 11) is -3.56. The predicted octanol–water partition coefficient (Wildman–Crippen LogP) is 1.25. The van der Waals surface area contributed by atoms with Gasteiger partial charge in [0.25, 0.3) is 5.91 Å². The van der Waals surface area contributed by atoms with Crippen molar-refractivity contribution >= 4 is 21.9 Å². The summed E-state index contributed by atoms with van der Waals surface area (Å²) in [6.07, 6.45) is 4.03. The number of aliphatic carboxylic acids is 1. The number of benzene rings is 1. The van der Waals surface area contributed by atoms with Crippen molar-refractivity contribution in [1.29, 1.82) is 0 Å². The third-order valence-electron chi connectivity index (χ3n) is 4.55. The second kappa shape index (κ2) is 6.18. The Morgan fingerprint density at radius 3 is 2.17 bits per heavy atom. The summed E-state index contributed by atoms with van der Waals surface area (Å²) in [6, 6.07) is 5.54. The number of amides is 1. The minimum Gasteiger partial charge on any atom is -0.480 e. The van der Waals surface area contributed by atoms with Crippen LogP contribution in [0.25, 0.3) is 0 Å². The predicted molar refractivity (Wildman–Crippen MR) is 86.1 cm³/mol. The van der Waals surface area contributed by atoms with Gasteiger partial charge in [-0.1, -0.05) is 12.8 Å². The van der Waals surface area contributed by atoms with E-state index < -0.39 is 27.4 Å². The summed E-state index contributed by atoms with van der Waals surface area (Å²) in [6.45, 7) is 0. The maximum Gasteiger partial charge on any atom is 0.329 e. The number of rotatable bonds is 6. The topological polar surface area (TPSA) is 113 Å². The molecule has 0 atom stereocenters. The van der Waals surface area contributed by atoms with Gasteiger partial charge >= 0.3 is 5.97 Å². The first-order valence-corrected chi connectivity index (χ1v) is 9.49. The highest BCUT2D eigenvalue weighted by Crippen LogP contribution is 2.30. The van der Waals surface area contributed by atoms with Crippen molar-refractivity contribution in [2.24, 2.45) is 0 Å². The Morgan fingerprint density at radius 1 is 1.08 bits per heavy atom. The molecule has 0 unspecified atom stereocenters. The Labute approximate surface area is 140 Å². The van der Waals surface area contributed by atoms with E-state index in [0.29, 0.717) is 12.8 Å². The number of hydrogen-bond acceptors (Lipinski definition) is 4. The smallest absolute Gasteiger partial charge is 0.329 e. The maximum atomic E-state index is 12.3. The van der Waals surface area contributed by atoms with E-state index in [9.17, 15) is 23.1 Å². The van der Waals surface area contributed by atoms with Gasteiger partial charge in [0.1, 0.15) is 5.54 Å². The van der Waals surface area contributed by atoms with Crippen molar-refractivity contribution in [3.8, 4) is 0 Å². The van der Waals surface area contributed by atoms with Gasteiger partial charge in [-0.15, -0.1) is 0 Å². The highest BCUT2D eigenvalue weighted by molar-refractivity contribution is 7.89. The molecule has 1 amide bonds. The van der Waals surface area contributed by atoms with E-state index >= 15 is 0 Å². The summed E-state index contributed by atoms with van der Waals surface area (Å²) in [5.41, 5.74) is -0.970. The van der Waals surface area contributed by atoms with Crippen LogP contribution in [-0.2, 0) is 14.8 Å². The van der Waals surface area contributed by atoms with Gasteiger partial charge in [0.05, 0.1) is 4.90 Å². The van der Waals surface area contributed by atoms with Crippen LogP contribution in [0.5, 0.6) is 0 Å². The summed E-state index contributed by atoms with van der Waals surface area (Å²) < 4.78 is 26.8. The van der Waals surface area contributed by atoms with Crippen LogP contribution in [0.4, 0.5) is 0 Å². The lowest BCUT2D eigenvalue weighted by atomic mass is 9.97. The minimum atomic E-state index is -3.56. The van der Waals surface area contributed by atoms with Crippen LogP contribution in [0.3, 0.4) is 0 Å². The summed E-state index contributed by atoms with van der Waals surface area (Å²) >= 11 is 0. The van der Waals surface area contributed by atoms with Gasteiger partial charge in [0, 0.05) is 11.6 Å². The minimum absolute atomic E-state index is 0.00997. The Balaban J connectivity index is 1.73. The van der Waals surface area contributed by atoms with Crippen molar-refractivity contribution in [3.63, 3.8) is 0 Å². The van der Waals surface area contributed by atoms with E-state index in [-0.39, 0.29) is 16.5 Å². The standard InChI is InChI=1S/C16H20N2O5S/c19-14(17-16(15(20)21)9-1-2-10-16)11-3-7-13(8-4-11)24(22,23)18-12-5-6-12/h3-4,7-8,12,18H,1-2,5-6,9-10H2,(H,17,19)(H,20,21). The summed E-state index contributed by atoms with van der Waals surface area (Å²) in [4.78, 5) is 23.9. The molecule has 0 aliphatic heterocycles. The second-order valence-corrected chi connectivity index (χ2v) is 8.18. The van der Waals surface area contributed by atoms with Crippen molar-refractivity contribution in [2.45, 2.75) is 55.0 Å². The Kier molecular flexibility index (Phi) is 4.35. The zero-order chi connectivity index (χ0) is 17.4. The average molecular weight is 352 g/mol. The van der Waals surface area contributed by atoms with Gasteiger partial charge in [-0.25, -0.2) is 17.9 Å². The van der Waals surface area contributed by atoms with Crippen LogP contribution in [0, 0.1) is 0 Å². The monoisotopic (exact) mass is 352 g/mol. The van der Waals surface area contributed by atoms with E-state index in [0.717, 1.165) is 25.7 Å². The number of hydrogen-bond donors (Lipinski definition) is 3. The van der Waals surface area contributed by atoms with Crippen molar-refractivity contribution in [2.75, 3.05) is 0 Å². The van der Waals surface area contributed by atoms with Gasteiger partial charge in [-0.3, -0.25) is 4.79 Å². The molecule has 1 aromatic rings. The van der Waals surface area contributed by atoms with Gasteiger partial charge in [-0.2, -0.15) is 0 Å². The molecule has 24 heavy (non-hydrogen) atoms. The number of sulfonamides is 1. The molecular formula is C16H20N2O5S. The van der Waals surface area contributed by atoms with Crippen LogP contribution >= 0.6 is 0 Å². The van der Waals surface area contributed by atoms with E-state index in [1.54, 1.807) is 0 Å². The lowest BCUT2D eigenvalue weighted by Crippen LogP contribution is -2.52. The molecule has 0 spiro atoms. The van der Waals surface area contributed by atoms with Crippen LogP contribution < -0.4 is 10.0 Å². The molecule has 2 saturated carbocycles. The normalized spacial score (nSPS) is 19.8. The molecular weight excluding hydrogens is 332 g/mol. The van der Waals surface area contributed by atoms with E-state index in [2.05, 4.69) is 10.0 Å². The molecule has 0 aromatic heterocycles. The number of carbonyl (C=O) groups is 2. The fourth-order valence-electron chi connectivity index (χ4n) is 2.93. The summed E-state index contributed by atoms with van der Waals surface area (Å²) in [5.74, 6) is -1.53. The van der Waals surface area contributed by atoms with E-state index in [1.165, 1.54) is 24.3 Å². The number of nitrogens with one attached hydrogen (secondary N) is 2. The van der Waals surface area contributed by atoms with Crippen molar-refractivity contribution in [3.05, 3.63) is 29.8 Å². The van der Waals surface area contributed by atoms with Gasteiger partial charge < -0.3 is 10.4 Å². The van der Waals surface area contributed by atoms with Gasteiger partial charge in [-0.05, 0) is 49.9 Å². The first kappa shape index (κ1) is 16.9. The molecule has 130 valence electrons. The Morgan fingerprint density at radius 2 is 1.67 bits per heavy atom. The largest absolute Gasteiger partial charge is 0.480 e. The molecule has 7 nitrogen and oxygen atoms in total. The maximum absolute atomic E-state index is 12.3. The molecule has 2 aliphatic carbocycles. The third-order valence-corrected chi connectivity index (χ3v) is 6.08. The molecule has 3 rings (SSSR count). The highest BCUT2D eigenvalue weighted by atomic mass is 32.2. The van der Waals surface area contributed by atoms with E-state index in [1.807, 2.05) is 0 Å². The van der Waals surface area contributed by atoms with Crippen LogP contribution in [0.2, 0.25) is 0 Å². The molecule has 3 N–H and O–H groups in total. The SMILES string of the molecule is O=C(NC1(C(=O)O)CCCC1)c1ccc(S(=O)(=O)NC2CC2)cc1. The molecule has 2 aliphatic rings. The molecule has 0 saturated heterocycles. The van der Waals surface area contributed by atoms with Gasteiger partial charge in [0.15, 0.2) is 0 Å². The fraction of sp³-hybridized carbons (Fsp3) is 0.500. The zero-order valence-corrected chi connectivity index (χ0v) is 13.9. The zero-order valence-electron chi connectivity index (χ0n) is 13.1. The van der Waals surface area contributed by atoms with Crippen LogP contribution in [0.1, 0.15) is 48.9 Å². The summed E-state index contributed by atoms with van der Waals surface area (Å²) in [5, 5.41) is 12.0. The highest BCUT2D eigenvalue weighted by Gasteiger charge is 2.42. The van der Waals surface area contributed by atoms with Crippen LogP contribution in [0.15, 0.2) is 29.2 Å². The number of carbonyl (C=O) groups excluding carboxylic acids is 1. The Bertz CT molecular complexity index is 747. The van der Waals surface area contributed by atoms with E-state index in [4.69, 9.17) is 0 Å². The molecule has 0 bridgehead atoms. The molecule has 8 heteroatoms. The first-order chi connectivity index (χ1) is 11.3.